The van der Waals surface area contributed by atoms with Crippen molar-refractivity contribution < 1.29 is 0 Å². The van der Waals surface area contributed by atoms with Crippen molar-refractivity contribution in [3.05, 3.63) is 48.5 Å². The molecule has 0 heterocycles. The fourth-order valence-electron chi connectivity index (χ4n) is 1.94. The van der Waals surface area contributed by atoms with E-state index in [2.05, 4.69) is 62.4 Å². The Balaban J connectivity index is 2.47. The Morgan fingerprint density at radius 2 is 1.06 bits per heavy atom. The van der Waals surface area contributed by atoms with Crippen molar-refractivity contribution >= 4 is 23.5 Å². The molecule has 0 saturated heterocycles. The maximum Gasteiger partial charge on any atom is 0.0151 e. The van der Waals surface area contributed by atoms with Crippen molar-refractivity contribution in [1.29, 1.82) is 0 Å². The quantitative estimate of drug-likeness (QED) is 0.653. The molecule has 0 saturated carbocycles. The van der Waals surface area contributed by atoms with Crippen LogP contribution in [0.25, 0.3) is 11.1 Å². The lowest BCUT2D eigenvalue weighted by molar-refractivity contribution is 1.36. The Labute approximate surface area is 118 Å². The second-order valence-corrected chi connectivity index (χ2v) is 6.47. The fourth-order valence-corrected chi connectivity index (χ4v) is 3.58. The third-order valence-electron chi connectivity index (χ3n) is 2.66. The van der Waals surface area contributed by atoms with Crippen LogP contribution in [0.2, 0.25) is 0 Å². The van der Waals surface area contributed by atoms with Gasteiger partial charge in [0.05, 0.1) is 0 Å². The molecule has 94 valence electrons. The zero-order valence-corrected chi connectivity index (χ0v) is 12.5. The van der Waals surface area contributed by atoms with E-state index in [1.165, 1.54) is 20.9 Å². The fraction of sp³-hybridized carbons (Fsp3) is 0.250. The van der Waals surface area contributed by atoms with E-state index in [0.717, 1.165) is 11.5 Å². The van der Waals surface area contributed by atoms with Gasteiger partial charge in [-0.2, -0.15) is 0 Å². The Morgan fingerprint density at radius 1 is 0.667 bits per heavy atom. The maximum atomic E-state index is 2.23. The van der Waals surface area contributed by atoms with Gasteiger partial charge in [-0.05, 0) is 34.8 Å². The van der Waals surface area contributed by atoms with Crippen LogP contribution in [-0.2, 0) is 0 Å². The lowest BCUT2D eigenvalue weighted by atomic mass is 10.1. The number of hydrogen-bond acceptors (Lipinski definition) is 2. The molecule has 0 fully saturated rings. The van der Waals surface area contributed by atoms with Crippen molar-refractivity contribution in [2.75, 3.05) is 11.5 Å². The van der Waals surface area contributed by atoms with E-state index in [1.807, 2.05) is 23.5 Å². The van der Waals surface area contributed by atoms with Crippen molar-refractivity contribution in [3.8, 4) is 11.1 Å². The van der Waals surface area contributed by atoms with Gasteiger partial charge in [0.1, 0.15) is 0 Å². The van der Waals surface area contributed by atoms with Gasteiger partial charge in [-0.3, -0.25) is 0 Å². The molecule has 0 aliphatic carbocycles. The predicted molar refractivity (Wildman–Crippen MR) is 84.7 cm³/mol. The highest BCUT2D eigenvalue weighted by Gasteiger charge is 2.08. The van der Waals surface area contributed by atoms with E-state index in [9.17, 15) is 0 Å². The first kappa shape index (κ1) is 13.6. The van der Waals surface area contributed by atoms with E-state index >= 15 is 0 Å². The zero-order chi connectivity index (χ0) is 12.8. The summed E-state index contributed by atoms with van der Waals surface area (Å²) in [5.74, 6) is 2.22. The van der Waals surface area contributed by atoms with Crippen molar-refractivity contribution in [1.82, 2.24) is 0 Å². The molecule has 2 heteroatoms. The number of hydrogen-bond donors (Lipinski definition) is 0. The van der Waals surface area contributed by atoms with E-state index in [1.54, 1.807) is 0 Å². The minimum atomic E-state index is 1.11. The molecule has 0 bridgehead atoms. The topological polar surface area (TPSA) is 0 Å². The van der Waals surface area contributed by atoms with Crippen molar-refractivity contribution in [3.63, 3.8) is 0 Å². The second-order valence-electron chi connectivity index (χ2n) is 3.86. The van der Waals surface area contributed by atoms with E-state index < -0.39 is 0 Å². The monoisotopic (exact) mass is 274 g/mol. The summed E-state index contributed by atoms with van der Waals surface area (Å²) in [5.41, 5.74) is 2.72. The Hall–Kier alpha value is -0.860. The zero-order valence-electron chi connectivity index (χ0n) is 10.8. The summed E-state index contributed by atoms with van der Waals surface area (Å²) in [4.78, 5) is 2.76. The summed E-state index contributed by atoms with van der Waals surface area (Å²) in [6.45, 7) is 4.41. The van der Waals surface area contributed by atoms with Crippen LogP contribution in [0.3, 0.4) is 0 Å². The van der Waals surface area contributed by atoms with Crippen molar-refractivity contribution in [2.24, 2.45) is 0 Å². The van der Waals surface area contributed by atoms with Gasteiger partial charge in [-0.25, -0.2) is 0 Å². The van der Waals surface area contributed by atoms with Crippen LogP contribution >= 0.6 is 23.5 Å². The maximum absolute atomic E-state index is 2.23. The number of benzene rings is 2. The molecule has 0 nitrogen and oxygen atoms in total. The average Bonchev–Trinajstić information content (AvgIpc) is 2.41. The Morgan fingerprint density at radius 3 is 1.44 bits per heavy atom. The van der Waals surface area contributed by atoms with Gasteiger partial charge < -0.3 is 0 Å². The SMILES string of the molecule is CCSc1ccccc1-c1ccccc1SCC. The minimum absolute atomic E-state index is 1.11. The highest BCUT2D eigenvalue weighted by atomic mass is 32.2. The van der Waals surface area contributed by atoms with Crippen LogP contribution in [0.15, 0.2) is 58.3 Å². The third kappa shape index (κ3) is 3.12. The van der Waals surface area contributed by atoms with Gasteiger partial charge in [0.25, 0.3) is 0 Å². The van der Waals surface area contributed by atoms with Gasteiger partial charge in [0, 0.05) is 9.79 Å². The smallest absolute Gasteiger partial charge is 0.0151 e. The molecule has 0 aliphatic heterocycles. The molecule has 0 aromatic heterocycles. The van der Waals surface area contributed by atoms with Gasteiger partial charge in [0.15, 0.2) is 0 Å². The van der Waals surface area contributed by atoms with Crippen LogP contribution < -0.4 is 0 Å². The average molecular weight is 274 g/mol. The van der Waals surface area contributed by atoms with Crippen LogP contribution in [0.4, 0.5) is 0 Å². The first-order valence-electron chi connectivity index (χ1n) is 6.30. The second kappa shape index (κ2) is 6.91. The van der Waals surface area contributed by atoms with Gasteiger partial charge in [-0.15, -0.1) is 23.5 Å². The lowest BCUT2D eigenvalue weighted by Gasteiger charge is -2.12. The largest absolute Gasteiger partial charge is 0.126 e. The van der Waals surface area contributed by atoms with Gasteiger partial charge in [-0.1, -0.05) is 50.2 Å². The third-order valence-corrected chi connectivity index (χ3v) is 4.58. The molecule has 2 rings (SSSR count). The molecule has 0 spiro atoms. The molecule has 0 amide bonds. The van der Waals surface area contributed by atoms with Gasteiger partial charge in [0.2, 0.25) is 0 Å². The molecule has 0 radical (unpaired) electrons. The van der Waals surface area contributed by atoms with Gasteiger partial charge >= 0.3 is 0 Å². The summed E-state index contributed by atoms with van der Waals surface area (Å²) in [6.07, 6.45) is 0. The van der Waals surface area contributed by atoms with E-state index in [4.69, 9.17) is 0 Å². The van der Waals surface area contributed by atoms with Crippen LogP contribution in [0.5, 0.6) is 0 Å². The Kier molecular flexibility index (Phi) is 5.21. The summed E-state index contributed by atoms with van der Waals surface area (Å²) >= 11 is 3.83. The number of rotatable bonds is 5. The molecule has 0 N–H and O–H groups in total. The molecule has 0 atom stereocenters. The molecule has 0 aliphatic rings. The highest BCUT2D eigenvalue weighted by molar-refractivity contribution is 7.99. The first-order chi connectivity index (χ1) is 8.86. The molecule has 18 heavy (non-hydrogen) atoms. The molecular formula is C16H18S2. The number of thioether (sulfide) groups is 2. The Bertz CT molecular complexity index is 458. The van der Waals surface area contributed by atoms with Crippen LogP contribution in [-0.4, -0.2) is 11.5 Å². The first-order valence-corrected chi connectivity index (χ1v) is 8.28. The lowest BCUT2D eigenvalue weighted by Crippen LogP contribution is -1.86. The molecule has 2 aromatic rings. The molecule has 0 unspecified atom stereocenters. The van der Waals surface area contributed by atoms with E-state index in [0.29, 0.717) is 0 Å². The predicted octanol–water partition coefficient (Wildman–Crippen LogP) is 5.58. The summed E-state index contributed by atoms with van der Waals surface area (Å²) < 4.78 is 0. The molecular weight excluding hydrogens is 256 g/mol. The minimum Gasteiger partial charge on any atom is -0.126 e. The normalized spacial score (nSPS) is 10.6. The van der Waals surface area contributed by atoms with Crippen molar-refractivity contribution in [2.45, 2.75) is 23.6 Å². The molecule has 2 aromatic carbocycles. The van der Waals surface area contributed by atoms with Crippen LogP contribution in [0.1, 0.15) is 13.8 Å². The summed E-state index contributed by atoms with van der Waals surface area (Å²) in [6, 6.07) is 17.4. The highest BCUT2D eigenvalue weighted by Crippen LogP contribution is 2.36. The van der Waals surface area contributed by atoms with E-state index in [-0.39, 0.29) is 0 Å². The summed E-state index contributed by atoms with van der Waals surface area (Å²) in [5, 5.41) is 0. The summed E-state index contributed by atoms with van der Waals surface area (Å²) in [7, 11) is 0. The van der Waals surface area contributed by atoms with Crippen LogP contribution in [0, 0.1) is 0 Å². The standard InChI is InChI=1S/C16H18S2/c1-3-17-15-11-7-5-9-13(15)14-10-6-8-12-16(14)18-4-2/h5-12H,3-4H2,1-2H3.